The quantitative estimate of drug-likeness (QED) is 0.584. The van der Waals surface area contributed by atoms with E-state index in [2.05, 4.69) is 38.1 Å². The third-order valence-corrected chi connectivity index (χ3v) is 3.24. The lowest BCUT2D eigenvalue weighted by Crippen LogP contribution is -2.34. The number of anilines is 1. The van der Waals surface area contributed by atoms with Crippen molar-refractivity contribution in [2.24, 2.45) is 0 Å². The Hall–Kier alpha value is -2.95. The highest BCUT2D eigenvalue weighted by molar-refractivity contribution is 5.87. The molecule has 5 heteroatoms. The molecule has 5 nitrogen and oxygen atoms in total. The van der Waals surface area contributed by atoms with Crippen LogP contribution in [0.1, 0.15) is 45.7 Å². The molecule has 2 aromatic rings. The normalized spacial score (nSPS) is 8.69. The number of ether oxygens (including phenoxy) is 1. The van der Waals surface area contributed by atoms with Gasteiger partial charge in [-0.2, -0.15) is 0 Å². The molecule has 0 saturated carbocycles. The minimum Gasteiger partial charge on any atom is -0.443 e. The molecule has 0 aliphatic carbocycles. The standard InChI is InChI=1S/C12H17NO2.C8H10.C2H6.2CH2O/c1-12(2,3)15-11(14)13(4)10-8-6-5-7-9-10;1-7-5-3-4-6-8(7)2;3*1-2/h5-9H,1-4H3;3-6H,1-2H3;1-2H3;2*1H2. The molecule has 0 unspecified atom stereocenters. The van der Waals surface area contributed by atoms with Crippen LogP contribution < -0.4 is 4.90 Å². The summed E-state index contributed by atoms with van der Waals surface area (Å²) in [6.45, 7) is 17.8. The van der Waals surface area contributed by atoms with E-state index in [0.29, 0.717) is 0 Å². The van der Waals surface area contributed by atoms with Crippen molar-refractivity contribution in [3.05, 3.63) is 65.7 Å². The van der Waals surface area contributed by atoms with Gasteiger partial charge in [-0.25, -0.2) is 4.79 Å². The fourth-order valence-electron chi connectivity index (χ4n) is 1.75. The zero-order chi connectivity index (χ0) is 23.5. The van der Waals surface area contributed by atoms with Crippen LogP contribution in [-0.4, -0.2) is 32.3 Å². The van der Waals surface area contributed by atoms with E-state index < -0.39 is 5.60 Å². The molecule has 0 fully saturated rings. The predicted octanol–water partition coefficient (Wildman–Crippen LogP) is 6.02. The van der Waals surface area contributed by atoms with Crippen LogP contribution in [0.4, 0.5) is 10.5 Å². The Morgan fingerprint density at radius 1 is 0.793 bits per heavy atom. The molecular weight excluding hydrogens is 366 g/mol. The van der Waals surface area contributed by atoms with Crippen LogP contribution in [0.5, 0.6) is 0 Å². The van der Waals surface area contributed by atoms with Gasteiger partial charge in [0.2, 0.25) is 0 Å². The van der Waals surface area contributed by atoms with E-state index in [9.17, 15) is 4.79 Å². The highest BCUT2D eigenvalue weighted by atomic mass is 16.6. The molecule has 0 spiro atoms. The summed E-state index contributed by atoms with van der Waals surface area (Å²) in [6.07, 6.45) is -0.339. The van der Waals surface area contributed by atoms with Crippen molar-refractivity contribution in [2.45, 2.75) is 54.1 Å². The number of hydrogen-bond donors (Lipinski definition) is 0. The smallest absolute Gasteiger partial charge is 0.414 e. The first-order valence-electron chi connectivity index (χ1n) is 9.32. The summed E-state index contributed by atoms with van der Waals surface area (Å²) in [6, 6.07) is 17.8. The van der Waals surface area contributed by atoms with Crippen LogP contribution in [0.15, 0.2) is 54.6 Å². The Labute approximate surface area is 176 Å². The van der Waals surface area contributed by atoms with Crippen LogP contribution in [-0.2, 0) is 14.3 Å². The molecule has 1 amide bonds. The predicted molar refractivity (Wildman–Crippen MR) is 123 cm³/mol. The van der Waals surface area contributed by atoms with E-state index in [4.69, 9.17) is 14.3 Å². The van der Waals surface area contributed by atoms with E-state index in [1.165, 1.54) is 16.0 Å². The maximum absolute atomic E-state index is 11.7. The lowest BCUT2D eigenvalue weighted by atomic mass is 10.1. The molecule has 0 aliphatic rings. The van der Waals surface area contributed by atoms with Gasteiger partial charge in [-0.3, -0.25) is 4.90 Å². The minimum absolute atomic E-state index is 0.339. The van der Waals surface area contributed by atoms with Gasteiger partial charge >= 0.3 is 6.09 Å². The SMILES string of the molecule is C=O.C=O.CC.CN(C(=O)OC(C)(C)C)c1ccccc1.Cc1ccccc1C. The third kappa shape index (κ3) is 15.8. The molecule has 0 radical (unpaired) electrons. The van der Waals surface area contributed by atoms with Crippen molar-refractivity contribution in [3.8, 4) is 0 Å². The van der Waals surface area contributed by atoms with Crippen molar-refractivity contribution in [3.63, 3.8) is 0 Å². The van der Waals surface area contributed by atoms with Gasteiger partial charge in [0.25, 0.3) is 0 Å². The molecule has 0 aromatic heterocycles. The number of amides is 1. The van der Waals surface area contributed by atoms with Crippen LogP contribution in [0.2, 0.25) is 0 Å². The second kappa shape index (κ2) is 18.4. The Morgan fingerprint density at radius 2 is 1.14 bits per heavy atom. The lowest BCUT2D eigenvalue weighted by molar-refractivity contribution is -0.0987. The molecule has 0 aliphatic heterocycles. The maximum atomic E-state index is 11.7. The summed E-state index contributed by atoms with van der Waals surface area (Å²) in [4.78, 5) is 29.2. The number of nitrogens with zero attached hydrogens (tertiary/aromatic N) is 1. The zero-order valence-corrected chi connectivity index (χ0v) is 19.2. The van der Waals surface area contributed by atoms with Gasteiger partial charge in [0, 0.05) is 12.7 Å². The number of rotatable bonds is 1. The van der Waals surface area contributed by atoms with E-state index in [0.717, 1.165) is 5.69 Å². The average molecular weight is 404 g/mol. The van der Waals surface area contributed by atoms with Gasteiger partial charge in [-0.15, -0.1) is 0 Å². The number of carbonyl (C=O) groups excluding carboxylic acids is 3. The number of aryl methyl sites for hydroxylation is 2. The summed E-state index contributed by atoms with van der Waals surface area (Å²) in [7, 11) is 1.70. The Kier molecular flexibility index (Phi) is 19.5. The summed E-state index contributed by atoms with van der Waals surface area (Å²) < 4.78 is 5.24. The van der Waals surface area contributed by atoms with Gasteiger partial charge in [-0.1, -0.05) is 56.3 Å². The summed E-state index contributed by atoms with van der Waals surface area (Å²) in [5.74, 6) is 0. The van der Waals surface area contributed by atoms with Crippen LogP contribution in [0.25, 0.3) is 0 Å². The second-order valence-corrected chi connectivity index (χ2v) is 6.46. The number of carbonyl (C=O) groups is 3. The van der Waals surface area contributed by atoms with Gasteiger partial charge in [0.05, 0.1) is 0 Å². The molecule has 2 aromatic carbocycles. The van der Waals surface area contributed by atoms with Gasteiger partial charge in [0.15, 0.2) is 0 Å². The summed E-state index contributed by atoms with van der Waals surface area (Å²) in [5, 5.41) is 0. The summed E-state index contributed by atoms with van der Waals surface area (Å²) >= 11 is 0. The van der Waals surface area contributed by atoms with Crippen molar-refractivity contribution in [2.75, 3.05) is 11.9 Å². The van der Waals surface area contributed by atoms with E-state index >= 15 is 0 Å². The topological polar surface area (TPSA) is 63.7 Å². The van der Waals surface area contributed by atoms with Gasteiger partial charge in [-0.05, 0) is 57.9 Å². The highest BCUT2D eigenvalue weighted by Crippen LogP contribution is 2.15. The van der Waals surface area contributed by atoms with Crippen molar-refractivity contribution in [1.29, 1.82) is 0 Å². The number of benzene rings is 2. The van der Waals surface area contributed by atoms with Crippen molar-refractivity contribution in [1.82, 2.24) is 0 Å². The molecule has 0 atom stereocenters. The van der Waals surface area contributed by atoms with Crippen LogP contribution in [0.3, 0.4) is 0 Å². The molecule has 29 heavy (non-hydrogen) atoms. The molecule has 162 valence electrons. The molecular formula is C24H37NO4. The molecule has 0 bridgehead atoms. The van der Waals surface area contributed by atoms with Crippen LogP contribution >= 0.6 is 0 Å². The number of hydrogen-bond acceptors (Lipinski definition) is 4. The van der Waals surface area contributed by atoms with Crippen molar-refractivity contribution < 1.29 is 19.1 Å². The minimum atomic E-state index is -0.458. The maximum Gasteiger partial charge on any atom is 0.414 e. The fourth-order valence-corrected chi connectivity index (χ4v) is 1.75. The Balaban J connectivity index is -0.000000407. The second-order valence-electron chi connectivity index (χ2n) is 6.46. The van der Waals surface area contributed by atoms with E-state index in [1.54, 1.807) is 7.05 Å². The molecule has 0 saturated heterocycles. The Bertz CT molecular complexity index is 628. The largest absolute Gasteiger partial charge is 0.443 e. The lowest BCUT2D eigenvalue weighted by Gasteiger charge is -2.24. The first-order valence-corrected chi connectivity index (χ1v) is 9.32. The molecule has 0 heterocycles. The fraction of sp³-hybridized carbons (Fsp3) is 0.375. The van der Waals surface area contributed by atoms with E-state index in [1.807, 2.05) is 78.5 Å². The first-order chi connectivity index (χ1) is 13.7. The van der Waals surface area contributed by atoms with E-state index in [-0.39, 0.29) is 6.09 Å². The first kappa shape index (κ1) is 30.8. The Morgan fingerprint density at radius 3 is 1.45 bits per heavy atom. The van der Waals surface area contributed by atoms with Gasteiger partial charge < -0.3 is 14.3 Å². The number of para-hydroxylation sites is 1. The summed E-state index contributed by atoms with van der Waals surface area (Å²) in [5.41, 5.74) is 3.10. The monoisotopic (exact) mass is 403 g/mol. The zero-order valence-electron chi connectivity index (χ0n) is 19.2. The average Bonchev–Trinajstić information content (AvgIpc) is 2.74. The van der Waals surface area contributed by atoms with Crippen molar-refractivity contribution >= 4 is 25.4 Å². The highest BCUT2D eigenvalue weighted by Gasteiger charge is 2.20. The third-order valence-electron chi connectivity index (χ3n) is 3.24. The molecule has 0 N–H and O–H groups in total. The molecule has 2 rings (SSSR count). The van der Waals surface area contributed by atoms with Crippen LogP contribution in [0, 0.1) is 13.8 Å². The van der Waals surface area contributed by atoms with Gasteiger partial charge in [0.1, 0.15) is 19.2 Å².